The summed E-state index contributed by atoms with van der Waals surface area (Å²) in [6.07, 6.45) is 5.44. The van der Waals surface area contributed by atoms with Crippen LogP contribution in [0, 0.1) is 17.5 Å². The standard InChI is InChI=1S/C47H35N5.Pt/c1-47(2)22-20-29(21-23-47)31-25-32(30-18-19-35-34-11-3-6-14-38(34)51(41(35)28-30)42-17-9-10-24-48-42)27-33(26-31)46-49-43-36-12-4-7-15-39(36)52-40-16-8-5-13-37(40)44(50-46)45(43)52;/h3-19,24-26,29H,20-23H2,1-2H3;/q-2;+2/i29D;. The molecule has 1 saturated carbocycles. The van der Waals surface area contributed by atoms with Crippen molar-refractivity contribution in [1.82, 2.24) is 23.9 Å². The molecule has 0 aliphatic heterocycles. The quantitative estimate of drug-likeness (QED) is 0.166. The zero-order valence-corrected chi connectivity index (χ0v) is 31.7. The van der Waals surface area contributed by atoms with Crippen molar-refractivity contribution in [2.24, 2.45) is 5.41 Å². The molecule has 11 rings (SSSR count). The molecule has 5 nitrogen and oxygen atoms in total. The number of hydrogen-bond donors (Lipinski definition) is 0. The van der Waals surface area contributed by atoms with Gasteiger partial charge in [0.15, 0.2) is 0 Å². The van der Waals surface area contributed by atoms with E-state index in [0.717, 1.165) is 114 Å². The van der Waals surface area contributed by atoms with Crippen LogP contribution >= 0.6 is 0 Å². The Morgan fingerprint density at radius 2 is 1.28 bits per heavy atom. The van der Waals surface area contributed by atoms with Gasteiger partial charge < -0.3 is 8.97 Å². The Hall–Kier alpha value is -5.38. The van der Waals surface area contributed by atoms with Gasteiger partial charge in [0.05, 0.1) is 33.4 Å². The number of nitrogens with zero attached hydrogens (tertiary/aromatic N) is 5. The summed E-state index contributed by atoms with van der Waals surface area (Å²) in [6.45, 7) is 4.65. The Bertz CT molecular complexity index is 2980. The molecule has 10 aromatic rings. The van der Waals surface area contributed by atoms with E-state index in [0.29, 0.717) is 5.82 Å². The van der Waals surface area contributed by atoms with Crippen molar-refractivity contribution in [3.05, 3.63) is 139 Å². The van der Waals surface area contributed by atoms with E-state index in [1.807, 2.05) is 24.4 Å². The van der Waals surface area contributed by atoms with Gasteiger partial charge in [-0.15, -0.1) is 17.7 Å². The summed E-state index contributed by atoms with van der Waals surface area (Å²) in [7, 11) is 0. The van der Waals surface area contributed by atoms with Crippen LogP contribution in [0.15, 0.2) is 121 Å². The number of benzene rings is 5. The first kappa shape index (κ1) is 31.2. The number of hydrogen-bond acceptors (Lipinski definition) is 3. The summed E-state index contributed by atoms with van der Waals surface area (Å²) in [5.41, 5.74) is 11.0. The van der Waals surface area contributed by atoms with Crippen molar-refractivity contribution < 1.29 is 22.4 Å². The van der Waals surface area contributed by atoms with Gasteiger partial charge in [-0.05, 0) is 78.2 Å². The molecule has 0 spiro atoms. The number of aromatic nitrogens is 5. The van der Waals surface area contributed by atoms with E-state index in [4.69, 9.17) is 15.0 Å². The van der Waals surface area contributed by atoms with Crippen LogP contribution in [-0.2, 0) is 21.1 Å². The summed E-state index contributed by atoms with van der Waals surface area (Å²) in [5.74, 6) is 0.739. The maximum absolute atomic E-state index is 9.92. The number of fused-ring (bicyclic) bond motifs is 9. The predicted octanol–water partition coefficient (Wildman–Crippen LogP) is 11.7. The molecule has 1 aliphatic carbocycles. The Balaban J connectivity index is 0.00000361. The molecule has 5 aromatic carbocycles. The van der Waals surface area contributed by atoms with E-state index in [1.165, 1.54) is 0 Å². The normalized spacial score (nSPS) is 15.8. The van der Waals surface area contributed by atoms with Crippen LogP contribution in [0.2, 0.25) is 0 Å². The molecular formula is C47H35N5Pt. The molecule has 53 heavy (non-hydrogen) atoms. The third kappa shape index (κ3) is 4.97. The monoisotopic (exact) mass is 865 g/mol. The van der Waals surface area contributed by atoms with Crippen molar-refractivity contribution >= 4 is 60.2 Å². The third-order valence-corrected chi connectivity index (χ3v) is 11.4. The van der Waals surface area contributed by atoms with Crippen LogP contribution in [0.1, 0.15) is 52.4 Å². The zero-order chi connectivity index (χ0) is 35.5. The minimum atomic E-state index is -0.732. The Kier molecular flexibility index (Phi) is 7.10. The Morgan fingerprint density at radius 3 is 1.96 bits per heavy atom. The molecule has 0 atom stereocenters. The van der Waals surface area contributed by atoms with Gasteiger partial charge in [0.25, 0.3) is 0 Å². The summed E-state index contributed by atoms with van der Waals surface area (Å²) in [4.78, 5) is 15.4. The second-order valence-corrected chi connectivity index (χ2v) is 15.1. The molecule has 1 aliphatic rings. The summed E-state index contributed by atoms with van der Waals surface area (Å²) in [5, 5.41) is 4.48. The fraction of sp³-hybridized carbons (Fsp3) is 0.170. The van der Waals surface area contributed by atoms with Gasteiger partial charge in [0.2, 0.25) is 0 Å². The summed E-state index contributed by atoms with van der Waals surface area (Å²) in [6, 6.07) is 47.7. The molecule has 0 unspecified atom stereocenters. The van der Waals surface area contributed by atoms with E-state index in [9.17, 15) is 1.37 Å². The first-order valence-corrected chi connectivity index (χ1v) is 18.2. The molecule has 258 valence electrons. The van der Waals surface area contributed by atoms with Crippen LogP contribution < -0.4 is 0 Å². The fourth-order valence-corrected chi connectivity index (χ4v) is 8.60. The molecule has 0 bridgehead atoms. The first-order valence-electron chi connectivity index (χ1n) is 18.7. The largest absolute Gasteiger partial charge is 2.00 e. The molecule has 5 heterocycles. The van der Waals surface area contributed by atoms with Gasteiger partial charge in [-0.2, -0.15) is 29.8 Å². The summed E-state index contributed by atoms with van der Waals surface area (Å²) >= 11 is 0. The minimum absolute atomic E-state index is 0. The molecule has 0 radical (unpaired) electrons. The van der Waals surface area contributed by atoms with E-state index < -0.39 is 5.89 Å². The second kappa shape index (κ2) is 12.1. The van der Waals surface area contributed by atoms with Gasteiger partial charge in [0, 0.05) is 23.9 Å². The van der Waals surface area contributed by atoms with E-state index in [-0.39, 0.29) is 26.5 Å². The molecule has 5 aromatic heterocycles. The number of rotatable bonds is 4. The number of para-hydroxylation sites is 3. The smallest absolute Gasteiger partial charge is 0.313 e. The SMILES string of the molecule is [2H]C1(c2cc(-c3[c-]c4c(cc3)c3ccccc3n4-c3ccccn3)[c-]c(-c3nc4c5ccccc5n5c6ccccc6c(n3)c45)c2)CCC(C)(C)CC1.[Pt+2]. The molecular weight excluding hydrogens is 830 g/mol. The van der Waals surface area contributed by atoms with Crippen LogP contribution in [0.5, 0.6) is 0 Å². The first-order chi connectivity index (χ1) is 25.9. The summed E-state index contributed by atoms with van der Waals surface area (Å²) < 4.78 is 14.4. The van der Waals surface area contributed by atoms with E-state index in [1.54, 1.807) is 0 Å². The average Bonchev–Trinajstić information content (AvgIpc) is 3.84. The van der Waals surface area contributed by atoms with Crippen LogP contribution in [0.25, 0.3) is 88.5 Å². The number of pyridine rings is 1. The van der Waals surface area contributed by atoms with Crippen LogP contribution in [0.4, 0.5) is 0 Å². The predicted molar refractivity (Wildman–Crippen MR) is 212 cm³/mol. The van der Waals surface area contributed by atoms with Crippen molar-refractivity contribution in [2.45, 2.75) is 45.4 Å². The van der Waals surface area contributed by atoms with Crippen molar-refractivity contribution in [3.8, 4) is 28.3 Å². The van der Waals surface area contributed by atoms with Crippen molar-refractivity contribution in [3.63, 3.8) is 0 Å². The minimum Gasteiger partial charge on any atom is -0.313 e. The van der Waals surface area contributed by atoms with Gasteiger partial charge in [-0.3, -0.25) is 9.97 Å². The molecule has 1 fully saturated rings. The van der Waals surface area contributed by atoms with Gasteiger partial charge in [-0.1, -0.05) is 85.5 Å². The third-order valence-electron chi connectivity index (χ3n) is 11.4. The zero-order valence-electron chi connectivity index (χ0n) is 30.4. The molecule has 6 heteroatoms. The molecule has 0 N–H and O–H groups in total. The van der Waals surface area contributed by atoms with Gasteiger partial charge >= 0.3 is 21.1 Å². The van der Waals surface area contributed by atoms with Crippen LogP contribution in [0.3, 0.4) is 0 Å². The maximum Gasteiger partial charge on any atom is 2.00 e. The Morgan fingerprint density at radius 1 is 0.660 bits per heavy atom. The van der Waals surface area contributed by atoms with Crippen LogP contribution in [-0.4, -0.2) is 23.9 Å². The maximum atomic E-state index is 9.92. The average molecular weight is 866 g/mol. The van der Waals surface area contributed by atoms with Crippen molar-refractivity contribution in [1.29, 1.82) is 0 Å². The van der Waals surface area contributed by atoms with E-state index >= 15 is 0 Å². The Labute approximate surface area is 323 Å². The van der Waals surface area contributed by atoms with Gasteiger partial charge in [0.1, 0.15) is 5.82 Å². The fourth-order valence-electron chi connectivity index (χ4n) is 8.60. The second-order valence-electron chi connectivity index (χ2n) is 15.1. The molecule has 0 saturated heterocycles. The van der Waals surface area contributed by atoms with Gasteiger partial charge in [-0.25, -0.2) is 10.5 Å². The topological polar surface area (TPSA) is 48.0 Å². The van der Waals surface area contributed by atoms with E-state index in [2.05, 4.69) is 132 Å². The molecule has 0 amide bonds. The van der Waals surface area contributed by atoms with Crippen molar-refractivity contribution in [2.75, 3.05) is 0 Å².